The normalized spacial score (nSPS) is 14.8. The summed E-state index contributed by atoms with van der Waals surface area (Å²) >= 11 is 9.52. The van der Waals surface area contributed by atoms with Gasteiger partial charge in [-0.2, -0.15) is 21.5 Å². The number of aromatic amines is 2. The third kappa shape index (κ3) is 5.49. The number of aromatic nitrogens is 7. The standard InChI is InChI=1S/C37H29ClN8O3S2/c1-47-21-5-6-22(26(16-21)48-2)33-32-30(20-10-15-50-19-20)25(17-41-36(32)45-42-33)27-18-46(13-14-49-27)37-24(4-3-11-40-37)34-31-23(28-7-8-29(38)51-28)9-12-39-35(31)44-43-34/h3-12,15-17,19,27H,13-14,18H2,1-2H3,(H,39,43,44)(H,41,42,45). The third-order valence-electron chi connectivity index (χ3n) is 9.16. The van der Waals surface area contributed by atoms with Crippen LogP contribution in [0.4, 0.5) is 5.82 Å². The molecule has 8 heterocycles. The largest absolute Gasteiger partial charge is 0.497 e. The molecule has 14 heteroatoms. The van der Waals surface area contributed by atoms with E-state index in [1.54, 1.807) is 31.8 Å². The summed E-state index contributed by atoms with van der Waals surface area (Å²) in [6, 6.07) is 17.8. The molecule has 1 fully saturated rings. The summed E-state index contributed by atoms with van der Waals surface area (Å²) in [4.78, 5) is 17.7. The summed E-state index contributed by atoms with van der Waals surface area (Å²) in [5.41, 5.74) is 8.73. The van der Waals surface area contributed by atoms with Crippen molar-refractivity contribution < 1.29 is 14.2 Å². The number of nitrogens with one attached hydrogen (secondary N) is 2. The maximum Gasteiger partial charge on any atom is 0.182 e. The highest BCUT2D eigenvalue weighted by Gasteiger charge is 2.31. The van der Waals surface area contributed by atoms with Crippen molar-refractivity contribution in [2.75, 3.05) is 38.8 Å². The Labute approximate surface area is 304 Å². The zero-order valence-corrected chi connectivity index (χ0v) is 29.8. The van der Waals surface area contributed by atoms with Crippen molar-refractivity contribution in [3.05, 3.63) is 93.8 Å². The van der Waals surface area contributed by atoms with Gasteiger partial charge in [0.05, 0.1) is 47.3 Å². The van der Waals surface area contributed by atoms with Crippen molar-refractivity contribution in [1.82, 2.24) is 35.3 Å². The maximum atomic E-state index is 6.56. The van der Waals surface area contributed by atoms with Gasteiger partial charge in [-0.15, -0.1) is 11.3 Å². The lowest BCUT2D eigenvalue weighted by Crippen LogP contribution is -2.39. The van der Waals surface area contributed by atoms with E-state index in [9.17, 15) is 0 Å². The molecule has 1 unspecified atom stereocenters. The van der Waals surface area contributed by atoms with E-state index in [4.69, 9.17) is 35.8 Å². The van der Waals surface area contributed by atoms with Gasteiger partial charge < -0.3 is 19.1 Å². The van der Waals surface area contributed by atoms with E-state index in [0.29, 0.717) is 42.5 Å². The van der Waals surface area contributed by atoms with Crippen LogP contribution in [0.5, 0.6) is 11.5 Å². The Bertz CT molecular complexity index is 2530. The number of hydrogen-bond acceptors (Lipinski definition) is 11. The quantitative estimate of drug-likeness (QED) is 0.158. The van der Waals surface area contributed by atoms with Crippen LogP contribution in [0.25, 0.3) is 66.1 Å². The number of thiophene rings is 2. The van der Waals surface area contributed by atoms with Gasteiger partial charge in [0.2, 0.25) is 0 Å². The Balaban J connectivity index is 1.15. The maximum absolute atomic E-state index is 6.56. The number of fused-ring (bicyclic) bond motifs is 2. The first-order valence-corrected chi connectivity index (χ1v) is 18.3. The number of ether oxygens (including phenoxy) is 3. The van der Waals surface area contributed by atoms with Crippen LogP contribution in [-0.4, -0.2) is 69.3 Å². The summed E-state index contributed by atoms with van der Waals surface area (Å²) < 4.78 is 18.6. The number of H-pyrrole nitrogens is 2. The number of pyridine rings is 3. The molecular weight excluding hydrogens is 704 g/mol. The second kappa shape index (κ2) is 13.1. The van der Waals surface area contributed by atoms with E-state index < -0.39 is 0 Å². The molecule has 8 aromatic rings. The Hall–Kier alpha value is -5.34. The third-order valence-corrected chi connectivity index (χ3v) is 11.1. The first-order valence-electron chi connectivity index (χ1n) is 16.1. The van der Waals surface area contributed by atoms with Crippen LogP contribution in [0.2, 0.25) is 4.34 Å². The first-order chi connectivity index (χ1) is 25.1. The molecule has 51 heavy (non-hydrogen) atoms. The van der Waals surface area contributed by atoms with Gasteiger partial charge in [-0.1, -0.05) is 11.6 Å². The van der Waals surface area contributed by atoms with E-state index >= 15 is 0 Å². The van der Waals surface area contributed by atoms with Crippen molar-refractivity contribution in [3.63, 3.8) is 0 Å². The minimum atomic E-state index is -0.315. The van der Waals surface area contributed by atoms with Gasteiger partial charge in [0.1, 0.15) is 23.4 Å². The molecule has 9 rings (SSSR count). The van der Waals surface area contributed by atoms with Gasteiger partial charge in [-0.05, 0) is 64.9 Å². The monoisotopic (exact) mass is 732 g/mol. The van der Waals surface area contributed by atoms with Gasteiger partial charge in [-0.25, -0.2) is 15.0 Å². The zero-order chi connectivity index (χ0) is 34.5. The Kier molecular flexibility index (Phi) is 8.11. The molecule has 0 saturated carbocycles. The molecule has 1 atom stereocenters. The Morgan fingerprint density at radius 2 is 1.75 bits per heavy atom. The Morgan fingerprint density at radius 3 is 2.53 bits per heavy atom. The van der Waals surface area contributed by atoms with Crippen LogP contribution >= 0.6 is 34.3 Å². The highest BCUT2D eigenvalue weighted by molar-refractivity contribution is 7.19. The van der Waals surface area contributed by atoms with Crippen LogP contribution in [0, 0.1) is 0 Å². The number of rotatable bonds is 8. The lowest BCUT2D eigenvalue weighted by Gasteiger charge is -2.35. The fourth-order valence-corrected chi connectivity index (χ4v) is 8.57. The minimum Gasteiger partial charge on any atom is -0.497 e. The number of methoxy groups -OCH3 is 2. The summed E-state index contributed by atoms with van der Waals surface area (Å²) in [6.45, 7) is 1.70. The van der Waals surface area contributed by atoms with Crippen molar-refractivity contribution in [2.45, 2.75) is 6.10 Å². The molecule has 11 nitrogen and oxygen atoms in total. The van der Waals surface area contributed by atoms with Crippen molar-refractivity contribution in [2.24, 2.45) is 0 Å². The predicted molar refractivity (Wildman–Crippen MR) is 202 cm³/mol. The minimum absolute atomic E-state index is 0.315. The molecular formula is C37H29ClN8O3S2. The lowest BCUT2D eigenvalue weighted by molar-refractivity contribution is 0.0398. The summed E-state index contributed by atoms with van der Waals surface area (Å²) in [7, 11) is 3.29. The topological polar surface area (TPSA) is 127 Å². The van der Waals surface area contributed by atoms with E-state index in [0.717, 1.165) is 70.6 Å². The predicted octanol–water partition coefficient (Wildman–Crippen LogP) is 8.66. The zero-order valence-electron chi connectivity index (χ0n) is 27.4. The van der Waals surface area contributed by atoms with Crippen LogP contribution in [0.3, 0.4) is 0 Å². The number of benzene rings is 1. The molecule has 0 bridgehead atoms. The Morgan fingerprint density at radius 1 is 0.882 bits per heavy atom. The van der Waals surface area contributed by atoms with Crippen molar-refractivity contribution >= 4 is 62.2 Å². The highest BCUT2D eigenvalue weighted by atomic mass is 35.5. The second-order valence-corrected chi connectivity index (χ2v) is 14.4. The fraction of sp³-hybridized carbons (Fsp3) is 0.162. The number of morpholine rings is 1. The van der Waals surface area contributed by atoms with Crippen LogP contribution in [-0.2, 0) is 4.74 Å². The van der Waals surface area contributed by atoms with E-state index in [2.05, 4.69) is 53.2 Å². The summed E-state index contributed by atoms with van der Waals surface area (Å²) in [5, 5.41) is 21.8. The van der Waals surface area contributed by atoms with E-state index in [1.807, 2.05) is 54.9 Å². The number of nitrogens with zero attached hydrogens (tertiary/aromatic N) is 6. The molecule has 0 radical (unpaired) electrons. The molecule has 2 N–H and O–H groups in total. The van der Waals surface area contributed by atoms with E-state index in [-0.39, 0.29) is 6.10 Å². The van der Waals surface area contributed by atoms with Gasteiger partial charge in [0.25, 0.3) is 0 Å². The molecule has 0 spiro atoms. The molecule has 1 aliphatic heterocycles. The van der Waals surface area contributed by atoms with Crippen LogP contribution in [0.1, 0.15) is 11.7 Å². The molecule has 1 saturated heterocycles. The first kappa shape index (κ1) is 31.6. The average Bonchev–Trinajstić information content (AvgIpc) is 4.01. The average molecular weight is 733 g/mol. The summed E-state index contributed by atoms with van der Waals surface area (Å²) in [5.74, 6) is 2.19. The van der Waals surface area contributed by atoms with Gasteiger partial charge in [0.15, 0.2) is 11.3 Å². The van der Waals surface area contributed by atoms with Gasteiger partial charge in [0, 0.05) is 70.4 Å². The SMILES string of the molecule is COc1ccc(-c2[nH]nc3ncc(C4CN(c5ncccc5-c5[nH]nc6nccc(-c7ccc(Cl)s7)c56)CCO4)c(-c4ccsc4)c23)c(OC)c1. The van der Waals surface area contributed by atoms with Crippen LogP contribution < -0.4 is 14.4 Å². The van der Waals surface area contributed by atoms with Gasteiger partial charge >= 0.3 is 0 Å². The van der Waals surface area contributed by atoms with Crippen molar-refractivity contribution in [3.8, 4) is 55.6 Å². The molecule has 0 amide bonds. The molecule has 254 valence electrons. The fourth-order valence-electron chi connectivity index (χ4n) is 6.84. The molecule has 0 aliphatic carbocycles. The lowest BCUT2D eigenvalue weighted by atomic mass is 9.93. The van der Waals surface area contributed by atoms with Gasteiger partial charge in [-0.3, -0.25) is 10.2 Å². The summed E-state index contributed by atoms with van der Waals surface area (Å²) in [6.07, 6.45) is 5.18. The van der Waals surface area contributed by atoms with Crippen molar-refractivity contribution in [1.29, 1.82) is 0 Å². The smallest absolute Gasteiger partial charge is 0.182 e. The molecule has 1 aliphatic rings. The molecule has 1 aromatic carbocycles. The number of hydrogen-bond donors (Lipinski definition) is 2. The van der Waals surface area contributed by atoms with E-state index in [1.165, 1.54) is 11.3 Å². The highest BCUT2D eigenvalue weighted by Crippen LogP contribution is 2.45. The number of anilines is 1. The second-order valence-electron chi connectivity index (χ2n) is 11.9. The molecule has 7 aromatic heterocycles. The van der Waals surface area contributed by atoms with Crippen LogP contribution in [0.15, 0.2) is 83.9 Å². The number of halogens is 1.